The number of nitrogens with two attached hydrogens (primary N) is 1. The fourth-order valence-corrected chi connectivity index (χ4v) is 7.57. The topological polar surface area (TPSA) is 155 Å². The van der Waals surface area contributed by atoms with E-state index in [1.807, 2.05) is 22.6 Å². The number of aromatic hydroxyl groups is 1. The standard InChI is InChI=1S/C21H20I2N2O7/c1-25(2)14-8-4-6-3-7-9(22)5-10(23)15(26)12(7)16(27)11(6)18(29)21(8,32)19(30)13(17(14)28)20(24)31/h5-6,8,11,13-14,26,32H,3-4H2,1-2H3,(H2,24,31)/t6-,8-,11?,13?,14-,21-/m1/s1. The highest BCUT2D eigenvalue weighted by Gasteiger charge is 2.69. The Bertz CT molecular complexity index is 1120. The Morgan fingerprint density at radius 2 is 1.78 bits per heavy atom. The number of rotatable bonds is 2. The molecule has 32 heavy (non-hydrogen) atoms. The zero-order valence-electron chi connectivity index (χ0n) is 17.1. The number of hydrogen-bond donors (Lipinski definition) is 3. The van der Waals surface area contributed by atoms with Crippen molar-refractivity contribution in [2.45, 2.75) is 24.5 Å². The maximum absolute atomic E-state index is 13.6. The number of carbonyl (C=O) groups is 5. The van der Waals surface area contributed by atoms with Crippen LogP contribution in [0.15, 0.2) is 6.07 Å². The molecule has 170 valence electrons. The van der Waals surface area contributed by atoms with E-state index in [2.05, 4.69) is 22.6 Å². The van der Waals surface area contributed by atoms with Gasteiger partial charge < -0.3 is 15.9 Å². The molecule has 1 aromatic carbocycles. The van der Waals surface area contributed by atoms with Gasteiger partial charge in [0, 0.05) is 9.49 Å². The van der Waals surface area contributed by atoms with E-state index in [0.717, 1.165) is 3.57 Å². The number of phenolic OH excluding ortho intramolecular Hbond substituents is 1. The number of fused-ring (bicyclic) bond motifs is 3. The average molecular weight is 666 g/mol. The lowest BCUT2D eigenvalue weighted by molar-refractivity contribution is -0.181. The third kappa shape index (κ3) is 3.03. The Balaban J connectivity index is 1.89. The Morgan fingerprint density at radius 3 is 2.34 bits per heavy atom. The summed E-state index contributed by atoms with van der Waals surface area (Å²) in [6, 6.07) is 0.637. The van der Waals surface area contributed by atoms with E-state index < -0.39 is 64.4 Å². The summed E-state index contributed by atoms with van der Waals surface area (Å²) in [5.74, 6) is -10.2. The maximum atomic E-state index is 13.6. The van der Waals surface area contributed by atoms with Gasteiger partial charge in [-0.3, -0.25) is 28.9 Å². The van der Waals surface area contributed by atoms with Crippen LogP contribution < -0.4 is 5.73 Å². The number of primary amides is 1. The molecule has 4 N–H and O–H groups in total. The maximum Gasteiger partial charge on any atom is 0.235 e. The molecule has 0 aromatic heterocycles. The van der Waals surface area contributed by atoms with Gasteiger partial charge in [-0.2, -0.15) is 0 Å². The Morgan fingerprint density at radius 1 is 1.16 bits per heavy atom. The summed E-state index contributed by atoms with van der Waals surface area (Å²) >= 11 is 3.95. The first-order valence-electron chi connectivity index (χ1n) is 9.88. The number of nitrogens with zero attached hydrogens (tertiary/aromatic N) is 1. The minimum absolute atomic E-state index is 0.0212. The van der Waals surface area contributed by atoms with Gasteiger partial charge >= 0.3 is 0 Å². The van der Waals surface area contributed by atoms with Crippen molar-refractivity contribution >= 4 is 74.2 Å². The molecule has 3 aliphatic carbocycles. The van der Waals surface area contributed by atoms with Gasteiger partial charge in [0.1, 0.15) is 5.75 Å². The highest BCUT2D eigenvalue weighted by Crippen LogP contribution is 2.51. The van der Waals surface area contributed by atoms with Crippen molar-refractivity contribution < 1.29 is 34.2 Å². The molecule has 0 spiro atoms. The molecule has 2 saturated carbocycles. The van der Waals surface area contributed by atoms with E-state index in [1.165, 1.54) is 4.90 Å². The van der Waals surface area contributed by atoms with Crippen LogP contribution in [0.1, 0.15) is 22.3 Å². The summed E-state index contributed by atoms with van der Waals surface area (Å²) < 4.78 is 1.20. The molecule has 0 saturated heterocycles. The number of carbonyl (C=O) groups excluding carboxylic acids is 5. The number of benzene rings is 1. The number of hydrogen-bond acceptors (Lipinski definition) is 8. The van der Waals surface area contributed by atoms with Crippen LogP contribution in [-0.2, 0) is 25.6 Å². The van der Waals surface area contributed by atoms with Gasteiger partial charge in [0.15, 0.2) is 34.7 Å². The summed E-state index contributed by atoms with van der Waals surface area (Å²) in [5, 5.41) is 22.0. The second-order valence-electron chi connectivity index (χ2n) is 8.83. The molecule has 0 radical (unpaired) electrons. The van der Waals surface area contributed by atoms with Crippen LogP contribution in [0.5, 0.6) is 5.75 Å². The second-order valence-corrected chi connectivity index (χ2v) is 11.2. The normalized spacial score (nSPS) is 34.2. The number of amides is 1. The molecule has 9 nitrogen and oxygen atoms in total. The summed E-state index contributed by atoms with van der Waals surface area (Å²) in [5.41, 5.74) is 3.23. The van der Waals surface area contributed by atoms with E-state index in [4.69, 9.17) is 5.73 Å². The molecule has 2 unspecified atom stereocenters. The Hall–Kier alpha value is -1.45. The van der Waals surface area contributed by atoms with E-state index in [1.54, 1.807) is 20.2 Å². The summed E-state index contributed by atoms with van der Waals surface area (Å²) in [6.45, 7) is 0. The van der Waals surface area contributed by atoms with Crippen molar-refractivity contribution in [3.8, 4) is 5.75 Å². The van der Waals surface area contributed by atoms with Gasteiger partial charge in [0.05, 0.1) is 21.1 Å². The SMILES string of the molecule is CN(C)[C@H]1C(=O)C(C(N)=O)C(=O)[C@]2(O)C(=O)C3C(=O)c4c(O)c(I)cc(I)c4C[C@@H]3C[C@H]12. The highest BCUT2D eigenvalue weighted by molar-refractivity contribution is 14.1. The van der Waals surface area contributed by atoms with Crippen molar-refractivity contribution in [2.75, 3.05) is 14.1 Å². The molecule has 0 bridgehead atoms. The predicted octanol–water partition coefficient (Wildman–Crippen LogP) is 0.0762. The molecule has 1 amide bonds. The first kappa shape index (κ1) is 23.7. The van der Waals surface area contributed by atoms with Crippen LogP contribution in [0.4, 0.5) is 0 Å². The van der Waals surface area contributed by atoms with Gasteiger partial charge in [-0.05, 0) is 89.7 Å². The lowest BCUT2D eigenvalue weighted by Gasteiger charge is -2.52. The van der Waals surface area contributed by atoms with Crippen LogP contribution in [0.2, 0.25) is 0 Å². The number of likely N-dealkylation sites (N-methyl/N-ethyl adjacent to an activating group) is 1. The Labute approximate surface area is 210 Å². The number of aliphatic hydroxyl groups is 1. The molecule has 11 heteroatoms. The highest BCUT2D eigenvalue weighted by atomic mass is 127. The second kappa shape index (κ2) is 7.81. The predicted molar refractivity (Wildman–Crippen MR) is 127 cm³/mol. The van der Waals surface area contributed by atoms with Gasteiger partial charge in [0.2, 0.25) is 5.91 Å². The molecule has 1 aromatic rings. The van der Waals surface area contributed by atoms with Crippen molar-refractivity contribution in [3.63, 3.8) is 0 Å². The summed E-state index contributed by atoms with van der Waals surface area (Å²) in [7, 11) is 3.11. The molecule has 0 aliphatic heterocycles. The Kier molecular flexibility index (Phi) is 5.78. The molecular weight excluding hydrogens is 646 g/mol. The van der Waals surface area contributed by atoms with E-state index in [-0.39, 0.29) is 24.2 Å². The zero-order chi connectivity index (χ0) is 23.9. The lowest BCUT2D eigenvalue weighted by Crippen LogP contribution is -2.74. The largest absolute Gasteiger partial charge is 0.506 e. The number of phenols is 1. The first-order chi connectivity index (χ1) is 14.8. The minimum atomic E-state index is -2.69. The monoisotopic (exact) mass is 666 g/mol. The lowest BCUT2D eigenvalue weighted by atomic mass is 9.52. The third-order valence-corrected chi connectivity index (χ3v) is 8.75. The van der Waals surface area contributed by atoms with E-state index in [0.29, 0.717) is 9.13 Å². The van der Waals surface area contributed by atoms with E-state index >= 15 is 0 Å². The molecule has 6 atom stereocenters. The van der Waals surface area contributed by atoms with E-state index in [9.17, 15) is 34.2 Å². The third-order valence-electron chi connectivity index (χ3n) is 6.96. The van der Waals surface area contributed by atoms with Gasteiger partial charge in [-0.15, -0.1) is 0 Å². The number of ketones is 4. The number of Topliss-reactive ketones (excluding diaryl/α,β-unsaturated/α-hetero) is 4. The molecule has 3 aliphatic rings. The van der Waals surface area contributed by atoms with Gasteiger partial charge in [-0.1, -0.05) is 0 Å². The molecule has 2 fully saturated rings. The summed E-state index contributed by atoms with van der Waals surface area (Å²) in [6.07, 6.45) is 0.321. The quantitative estimate of drug-likeness (QED) is 0.296. The average Bonchev–Trinajstić information content (AvgIpc) is 2.68. The van der Waals surface area contributed by atoms with Gasteiger partial charge in [-0.25, -0.2) is 0 Å². The van der Waals surface area contributed by atoms with Crippen LogP contribution in [0.3, 0.4) is 0 Å². The zero-order valence-corrected chi connectivity index (χ0v) is 21.4. The molecular formula is C21H20I2N2O7. The summed E-state index contributed by atoms with van der Waals surface area (Å²) in [4.78, 5) is 66.6. The van der Waals surface area contributed by atoms with Crippen LogP contribution in [0, 0.1) is 30.8 Å². The minimum Gasteiger partial charge on any atom is -0.506 e. The van der Waals surface area contributed by atoms with Crippen molar-refractivity contribution in [1.29, 1.82) is 0 Å². The fraction of sp³-hybridized carbons (Fsp3) is 0.476. The molecule has 0 heterocycles. The molecule has 4 rings (SSSR count). The fourth-order valence-electron chi connectivity index (χ4n) is 5.60. The van der Waals surface area contributed by atoms with Gasteiger partial charge in [0.25, 0.3) is 0 Å². The van der Waals surface area contributed by atoms with Crippen LogP contribution >= 0.6 is 45.2 Å². The first-order valence-corrected chi connectivity index (χ1v) is 12.0. The van der Waals surface area contributed by atoms with Crippen molar-refractivity contribution in [3.05, 3.63) is 24.3 Å². The number of halogens is 2. The smallest absolute Gasteiger partial charge is 0.235 e. The van der Waals surface area contributed by atoms with Crippen LogP contribution in [-0.4, -0.2) is 69.9 Å². The van der Waals surface area contributed by atoms with Crippen molar-refractivity contribution in [2.24, 2.45) is 29.4 Å². The van der Waals surface area contributed by atoms with Crippen LogP contribution in [0.25, 0.3) is 0 Å². The van der Waals surface area contributed by atoms with Crippen molar-refractivity contribution in [1.82, 2.24) is 4.90 Å².